The van der Waals surface area contributed by atoms with Gasteiger partial charge in [0, 0.05) is 18.5 Å². The summed E-state index contributed by atoms with van der Waals surface area (Å²) in [5.41, 5.74) is 0.662. The largest absolute Gasteiger partial charge is 0.357 e. The summed E-state index contributed by atoms with van der Waals surface area (Å²) in [4.78, 5) is 1.87. The first-order valence-electron chi connectivity index (χ1n) is 5.67. The number of nitrogens with zero attached hydrogens (tertiary/aromatic N) is 1. The highest BCUT2D eigenvalue weighted by Gasteiger charge is 2.31. The van der Waals surface area contributed by atoms with E-state index in [2.05, 4.69) is 0 Å². The van der Waals surface area contributed by atoms with Crippen LogP contribution in [0.1, 0.15) is 31.4 Å². The van der Waals surface area contributed by atoms with Crippen LogP contribution in [0.25, 0.3) is 0 Å². The molecule has 1 aliphatic rings. The number of hydrogen-bond acceptors (Lipinski definition) is 1. The van der Waals surface area contributed by atoms with Gasteiger partial charge in [-0.3, -0.25) is 5.41 Å². The molecule has 1 aromatic carbocycles. The molecule has 1 unspecified atom stereocenters. The highest BCUT2D eigenvalue weighted by atomic mass is 19.1. The van der Waals surface area contributed by atoms with Gasteiger partial charge in [-0.15, -0.1) is 0 Å². The normalized spacial score (nSPS) is 16.9. The third-order valence-corrected chi connectivity index (χ3v) is 3.28. The second-order valence-corrected chi connectivity index (χ2v) is 4.47. The second kappa shape index (κ2) is 4.24. The molecule has 86 valence electrons. The van der Waals surface area contributed by atoms with E-state index in [1.807, 2.05) is 24.9 Å². The average Bonchev–Trinajstić information content (AvgIpc) is 3.11. The molecule has 2 rings (SSSR count). The average molecular weight is 220 g/mol. The van der Waals surface area contributed by atoms with Crippen LogP contribution in [-0.4, -0.2) is 17.8 Å². The minimum Gasteiger partial charge on any atom is -0.357 e. The van der Waals surface area contributed by atoms with Crippen molar-refractivity contribution in [2.75, 3.05) is 7.05 Å². The summed E-state index contributed by atoms with van der Waals surface area (Å²) < 4.78 is 13.6. The molecule has 16 heavy (non-hydrogen) atoms. The molecule has 1 fully saturated rings. The third kappa shape index (κ3) is 2.08. The molecule has 0 saturated heterocycles. The zero-order chi connectivity index (χ0) is 11.7. The summed E-state index contributed by atoms with van der Waals surface area (Å²) in [5, 5.41) is 7.97. The van der Waals surface area contributed by atoms with Gasteiger partial charge < -0.3 is 4.90 Å². The lowest BCUT2D eigenvalue weighted by atomic mass is 10.1. The standard InChI is InChI=1S/C13H17FN2/c1-9(11-5-3-4-6-12(11)14)16(2)13(15)10-7-8-10/h3-6,9-10,15H,7-8H2,1-2H3. The number of halogens is 1. The predicted molar refractivity (Wildman–Crippen MR) is 63.0 cm³/mol. The lowest BCUT2D eigenvalue weighted by Crippen LogP contribution is -2.30. The van der Waals surface area contributed by atoms with E-state index < -0.39 is 0 Å². The zero-order valence-electron chi connectivity index (χ0n) is 9.70. The van der Waals surface area contributed by atoms with Gasteiger partial charge in [0.15, 0.2) is 0 Å². The maximum atomic E-state index is 13.6. The minimum absolute atomic E-state index is 0.0747. The highest BCUT2D eigenvalue weighted by molar-refractivity contribution is 5.83. The molecule has 0 heterocycles. The van der Waals surface area contributed by atoms with E-state index in [0.29, 0.717) is 17.3 Å². The molecule has 0 amide bonds. The van der Waals surface area contributed by atoms with Crippen LogP contribution < -0.4 is 0 Å². The summed E-state index contributed by atoms with van der Waals surface area (Å²) in [6, 6.07) is 6.72. The molecule has 1 aromatic rings. The van der Waals surface area contributed by atoms with Crippen LogP contribution in [0.5, 0.6) is 0 Å². The van der Waals surface area contributed by atoms with E-state index in [0.717, 1.165) is 12.8 Å². The van der Waals surface area contributed by atoms with Crippen LogP contribution in [0.3, 0.4) is 0 Å². The number of nitrogens with one attached hydrogen (secondary N) is 1. The molecule has 0 spiro atoms. The van der Waals surface area contributed by atoms with Gasteiger partial charge in [-0.2, -0.15) is 0 Å². The maximum Gasteiger partial charge on any atom is 0.128 e. The van der Waals surface area contributed by atoms with Crippen LogP contribution in [0.4, 0.5) is 4.39 Å². The molecular weight excluding hydrogens is 203 g/mol. The predicted octanol–water partition coefficient (Wildman–Crippen LogP) is 3.21. The van der Waals surface area contributed by atoms with Crippen molar-refractivity contribution in [3.05, 3.63) is 35.6 Å². The van der Waals surface area contributed by atoms with Crippen LogP contribution in [0.15, 0.2) is 24.3 Å². The molecule has 1 N–H and O–H groups in total. The monoisotopic (exact) mass is 220 g/mol. The van der Waals surface area contributed by atoms with E-state index in [9.17, 15) is 4.39 Å². The topological polar surface area (TPSA) is 27.1 Å². The fraction of sp³-hybridized carbons (Fsp3) is 0.462. The third-order valence-electron chi connectivity index (χ3n) is 3.28. The van der Waals surface area contributed by atoms with Crippen molar-refractivity contribution in [2.45, 2.75) is 25.8 Å². The second-order valence-electron chi connectivity index (χ2n) is 4.47. The molecule has 0 aromatic heterocycles. The Labute approximate surface area is 95.6 Å². The fourth-order valence-electron chi connectivity index (χ4n) is 1.88. The molecule has 0 aliphatic heterocycles. The molecule has 1 saturated carbocycles. The molecular formula is C13H17FN2. The molecule has 1 aliphatic carbocycles. The Hall–Kier alpha value is -1.38. The summed E-state index contributed by atoms with van der Waals surface area (Å²) in [6.07, 6.45) is 2.21. The Balaban J connectivity index is 2.14. The Morgan fingerprint density at radius 3 is 2.62 bits per heavy atom. The lowest BCUT2D eigenvalue weighted by molar-refractivity contribution is 0.377. The van der Waals surface area contributed by atoms with Crippen molar-refractivity contribution < 1.29 is 4.39 Å². The SMILES string of the molecule is CC(c1ccccc1F)N(C)C(=N)C1CC1. The van der Waals surface area contributed by atoms with Crippen LogP contribution >= 0.6 is 0 Å². The first-order valence-corrected chi connectivity index (χ1v) is 5.67. The van der Waals surface area contributed by atoms with E-state index >= 15 is 0 Å². The molecule has 3 heteroatoms. The van der Waals surface area contributed by atoms with Crippen molar-refractivity contribution in [3.8, 4) is 0 Å². The van der Waals surface area contributed by atoms with Gasteiger partial charge in [0.05, 0.1) is 11.9 Å². The smallest absolute Gasteiger partial charge is 0.128 e. The fourth-order valence-corrected chi connectivity index (χ4v) is 1.88. The first kappa shape index (κ1) is 11.1. The van der Waals surface area contributed by atoms with E-state index in [1.165, 1.54) is 6.07 Å². The zero-order valence-corrected chi connectivity index (χ0v) is 9.70. The number of benzene rings is 1. The quantitative estimate of drug-likeness (QED) is 0.614. The number of rotatable bonds is 3. The van der Waals surface area contributed by atoms with Gasteiger partial charge in [-0.1, -0.05) is 18.2 Å². The summed E-state index contributed by atoms with van der Waals surface area (Å²) >= 11 is 0. The van der Waals surface area contributed by atoms with Crippen molar-refractivity contribution >= 4 is 5.84 Å². The van der Waals surface area contributed by atoms with Crippen LogP contribution in [0, 0.1) is 17.1 Å². The Bertz CT molecular complexity index is 399. The maximum absolute atomic E-state index is 13.6. The Morgan fingerprint density at radius 1 is 1.44 bits per heavy atom. The number of hydrogen-bond donors (Lipinski definition) is 1. The van der Waals surface area contributed by atoms with Gasteiger partial charge in [0.25, 0.3) is 0 Å². The molecule has 2 nitrogen and oxygen atoms in total. The first-order chi connectivity index (χ1) is 7.61. The Morgan fingerprint density at radius 2 is 2.06 bits per heavy atom. The van der Waals surface area contributed by atoms with Crippen molar-refractivity contribution in [3.63, 3.8) is 0 Å². The highest BCUT2D eigenvalue weighted by Crippen LogP contribution is 2.33. The number of amidine groups is 1. The minimum atomic E-state index is -0.189. The summed E-state index contributed by atoms with van der Waals surface area (Å²) in [6.45, 7) is 1.94. The molecule has 0 bridgehead atoms. The van der Waals surface area contributed by atoms with Gasteiger partial charge >= 0.3 is 0 Å². The van der Waals surface area contributed by atoms with Crippen molar-refractivity contribution in [2.24, 2.45) is 5.92 Å². The lowest BCUT2D eigenvalue weighted by Gasteiger charge is -2.28. The van der Waals surface area contributed by atoms with E-state index in [1.54, 1.807) is 12.1 Å². The van der Waals surface area contributed by atoms with Gasteiger partial charge in [0.1, 0.15) is 5.82 Å². The van der Waals surface area contributed by atoms with E-state index in [-0.39, 0.29) is 11.9 Å². The van der Waals surface area contributed by atoms with Crippen LogP contribution in [0.2, 0.25) is 0 Å². The molecule has 1 atom stereocenters. The molecule has 0 radical (unpaired) electrons. The van der Waals surface area contributed by atoms with Gasteiger partial charge in [-0.25, -0.2) is 4.39 Å². The Kier molecular flexibility index (Phi) is 2.95. The van der Waals surface area contributed by atoms with Gasteiger partial charge in [0.2, 0.25) is 0 Å². The summed E-state index contributed by atoms with van der Waals surface area (Å²) in [5.74, 6) is 0.848. The van der Waals surface area contributed by atoms with E-state index in [4.69, 9.17) is 5.41 Å². The van der Waals surface area contributed by atoms with Crippen molar-refractivity contribution in [1.82, 2.24) is 4.90 Å². The van der Waals surface area contributed by atoms with Gasteiger partial charge in [-0.05, 0) is 25.8 Å². The van der Waals surface area contributed by atoms with Crippen molar-refractivity contribution in [1.29, 1.82) is 5.41 Å². The van der Waals surface area contributed by atoms with Crippen LogP contribution in [-0.2, 0) is 0 Å². The summed E-state index contributed by atoms with van der Waals surface area (Å²) in [7, 11) is 1.87.